The predicted molar refractivity (Wildman–Crippen MR) is 407 cm³/mol. The van der Waals surface area contributed by atoms with Crippen LogP contribution < -0.4 is 16.2 Å². The molecule has 0 aliphatic heterocycles. The molecule has 4 aromatic carbocycles. The lowest BCUT2D eigenvalue weighted by atomic mass is 9.84. The van der Waals surface area contributed by atoms with Crippen molar-refractivity contribution >= 4 is 111 Å². The Morgan fingerprint density at radius 3 is 1.26 bits per heavy atom. The molecule has 0 amide bonds. The van der Waals surface area contributed by atoms with Crippen LogP contribution in [0.5, 0.6) is 0 Å². The number of carbonyl (C=O) groups is 4. The second kappa shape index (κ2) is 40.6. The highest BCUT2D eigenvalue weighted by atomic mass is 32.1. The number of hydrogen-bond donors (Lipinski definition) is 10. The Morgan fingerprint density at radius 1 is 0.490 bits per heavy atom. The summed E-state index contributed by atoms with van der Waals surface area (Å²) in [6.45, 7) is 3.88. The Bertz CT molecular complexity index is 4010. The molecular weight excluding hydrogens is 1370 g/mol. The van der Waals surface area contributed by atoms with Crippen molar-refractivity contribution in [2.24, 2.45) is 23.7 Å². The number of carbonyl (C=O) groups excluding carboxylic acids is 3. The highest BCUT2D eigenvalue weighted by molar-refractivity contribution is 7.19. The first kappa shape index (κ1) is 80.3. The number of H-pyrrole nitrogens is 2. The molecule has 0 spiro atoms. The number of thiophene rings is 4. The number of fused-ring (bicyclic) bond motifs is 4. The van der Waals surface area contributed by atoms with Crippen molar-refractivity contribution in [3.05, 3.63) is 208 Å². The molecule has 0 saturated heterocycles. The Morgan fingerprint density at radius 2 is 0.882 bits per heavy atom. The number of ketones is 2. The Kier molecular flexibility index (Phi) is 32.0. The second-order valence-electron chi connectivity index (χ2n) is 26.9. The van der Waals surface area contributed by atoms with Gasteiger partial charge in [0.2, 0.25) is 0 Å². The molecule has 546 valence electrons. The SMILES string of the molecule is CC(C(=O)Cc1ccc2c(=O)[nH]ccc2c1)c1ccsc1.CC(C(=O)Cc1ccc2c(=O)[nH]ccc2c1)c1ccsc1.CO.O=C(O)CCCCCC[C@@H]1[C@@H](CC[C@@H](O)c2cc3ccccc3s2)[C@H](O)C[C@@H]1O.O=C([O-])CCCCCC[C@@H]1[C@@H](CC[C@@H](O)c2cc3ccccc3s2)[C@H](O)C[C@@H]1O. The van der Waals surface area contributed by atoms with E-state index >= 15 is 0 Å². The first-order valence-electron chi connectivity index (χ1n) is 35.4. The predicted octanol–water partition coefficient (Wildman–Crippen LogP) is 14.3. The normalized spacial score (nSPS) is 19.7. The van der Waals surface area contributed by atoms with Crippen molar-refractivity contribution in [3.8, 4) is 0 Å². The Hall–Kier alpha value is -7.38. The molecule has 6 aromatic heterocycles. The Labute approximate surface area is 611 Å². The number of aliphatic hydroxyl groups excluding tert-OH is 7. The zero-order chi connectivity index (χ0) is 73.2. The van der Waals surface area contributed by atoms with E-state index < -0.39 is 48.6 Å². The summed E-state index contributed by atoms with van der Waals surface area (Å²) in [6, 6.07) is 39.1. The minimum absolute atomic E-state index is 0.00255. The van der Waals surface area contributed by atoms with Gasteiger partial charge >= 0.3 is 5.97 Å². The van der Waals surface area contributed by atoms with E-state index in [4.69, 9.17) is 10.2 Å². The molecule has 2 saturated carbocycles. The third-order valence-corrected chi connectivity index (χ3v) is 23.8. The van der Waals surface area contributed by atoms with Gasteiger partial charge in [0.25, 0.3) is 11.1 Å². The van der Waals surface area contributed by atoms with E-state index in [1.165, 1.54) is 4.70 Å². The first-order chi connectivity index (χ1) is 49.2. The molecule has 2 unspecified atom stereocenters. The molecule has 17 nitrogen and oxygen atoms in total. The lowest BCUT2D eigenvalue weighted by Gasteiger charge is -2.24. The number of hydrogen-bond acceptors (Lipinski definition) is 18. The molecule has 12 rings (SSSR count). The summed E-state index contributed by atoms with van der Waals surface area (Å²) < 4.78 is 2.33. The van der Waals surface area contributed by atoms with Crippen LogP contribution in [0.15, 0.2) is 165 Å². The topological polar surface area (TPSA) is 319 Å². The molecule has 6 heterocycles. The lowest BCUT2D eigenvalue weighted by Crippen LogP contribution is -2.23. The Balaban J connectivity index is 0.000000173. The van der Waals surface area contributed by atoms with Crippen LogP contribution in [-0.2, 0) is 32.0 Å². The number of Topliss-reactive ketones (excluding diaryl/α,β-unsaturated/α-hetero) is 2. The number of nitrogens with one attached hydrogen (secondary N) is 2. The molecule has 0 radical (unpaired) electrons. The summed E-state index contributed by atoms with van der Waals surface area (Å²) in [5, 5.41) is 102. The van der Waals surface area contributed by atoms with Crippen LogP contribution in [0.1, 0.15) is 185 Å². The van der Waals surface area contributed by atoms with Crippen LogP contribution in [0.4, 0.5) is 0 Å². The van der Waals surface area contributed by atoms with Crippen LogP contribution in [0.25, 0.3) is 41.7 Å². The lowest BCUT2D eigenvalue weighted by molar-refractivity contribution is -0.305. The molecule has 10 aromatic rings. The van der Waals surface area contributed by atoms with Gasteiger partial charge in [-0.1, -0.05) is 113 Å². The summed E-state index contributed by atoms with van der Waals surface area (Å²) in [5.41, 5.74) is 3.83. The summed E-state index contributed by atoms with van der Waals surface area (Å²) in [6.07, 6.45) is 13.0. The molecule has 2 fully saturated rings. The molecule has 2 aliphatic carbocycles. The van der Waals surface area contributed by atoms with Gasteiger partial charge in [-0.15, -0.1) is 22.7 Å². The number of carboxylic acids is 2. The molecule has 0 bridgehead atoms. The number of rotatable bonds is 30. The van der Waals surface area contributed by atoms with Gasteiger partial charge in [0, 0.05) is 86.5 Å². The van der Waals surface area contributed by atoms with E-state index in [0.717, 1.165) is 117 Å². The number of aromatic nitrogens is 2. The van der Waals surface area contributed by atoms with Crippen LogP contribution in [-0.4, -0.2) is 106 Å². The number of carboxylic acid groups (broad SMARTS) is 2. The summed E-state index contributed by atoms with van der Waals surface area (Å²) in [5.74, 6) is -1.45. The summed E-state index contributed by atoms with van der Waals surface area (Å²) >= 11 is 6.42. The molecular formula is C81H97N2O15S4-. The van der Waals surface area contributed by atoms with Crippen molar-refractivity contribution in [2.75, 3.05) is 7.11 Å². The fourth-order valence-corrected chi connectivity index (χ4v) is 17.8. The van der Waals surface area contributed by atoms with Gasteiger partial charge in [0.05, 0.1) is 36.6 Å². The third-order valence-electron chi connectivity index (χ3n) is 20.0. The van der Waals surface area contributed by atoms with Crippen LogP contribution in [0.2, 0.25) is 0 Å². The van der Waals surface area contributed by atoms with Gasteiger partial charge in [-0.25, -0.2) is 0 Å². The number of aliphatic hydroxyl groups is 7. The van der Waals surface area contributed by atoms with Gasteiger partial charge in [-0.3, -0.25) is 24.0 Å². The zero-order valence-electron chi connectivity index (χ0n) is 58.1. The largest absolute Gasteiger partial charge is 0.550 e. The summed E-state index contributed by atoms with van der Waals surface area (Å²) in [7, 11) is 1.00. The van der Waals surface area contributed by atoms with E-state index in [-0.39, 0.29) is 71.0 Å². The fraction of sp³-hybridized carbons (Fsp3) is 0.432. The summed E-state index contributed by atoms with van der Waals surface area (Å²) in [4.78, 5) is 76.2. The number of pyridine rings is 2. The van der Waals surface area contributed by atoms with E-state index in [1.54, 1.807) is 69.9 Å². The molecule has 102 heavy (non-hydrogen) atoms. The third kappa shape index (κ3) is 23.3. The van der Waals surface area contributed by atoms with Crippen molar-refractivity contribution < 1.29 is 65.1 Å². The van der Waals surface area contributed by atoms with Gasteiger partial charge in [0.1, 0.15) is 11.6 Å². The van der Waals surface area contributed by atoms with Crippen LogP contribution in [0, 0.1) is 23.7 Å². The number of aromatic amines is 2. The van der Waals surface area contributed by atoms with Crippen molar-refractivity contribution in [1.29, 1.82) is 0 Å². The van der Waals surface area contributed by atoms with Crippen molar-refractivity contribution in [1.82, 2.24) is 9.97 Å². The number of unbranched alkanes of at least 4 members (excludes halogenated alkanes) is 6. The van der Waals surface area contributed by atoms with E-state index in [1.807, 2.05) is 132 Å². The quantitative estimate of drug-likeness (QED) is 0.0187. The average molecular weight is 1470 g/mol. The van der Waals surface area contributed by atoms with Crippen LogP contribution >= 0.6 is 45.3 Å². The molecule has 10 N–H and O–H groups in total. The van der Waals surface area contributed by atoms with Crippen molar-refractivity contribution in [3.63, 3.8) is 0 Å². The maximum atomic E-state index is 12.4. The zero-order valence-corrected chi connectivity index (χ0v) is 61.4. The van der Waals surface area contributed by atoms with Gasteiger partial charge in [0.15, 0.2) is 0 Å². The monoisotopic (exact) mass is 1470 g/mol. The van der Waals surface area contributed by atoms with Crippen LogP contribution in [0.3, 0.4) is 0 Å². The highest BCUT2D eigenvalue weighted by Crippen LogP contribution is 2.43. The number of benzene rings is 4. The molecule has 2 aliphatic rings. The van der Waals surface area contributed by atoms with E-state index in [0.29, 0.717) is 75.0 Å². The maximum absolute atomic E-state index is 12.4. The van der Waals surface area contributed by atoms with Crippen molar-refractivity contribution in [2.45, 2.75) is 191 Å². The van der Waals surface area contributed by atoms with Gasteiger partial charge in [-0.2, -0.15) is 22.7 Å². The van der Waals surface area contributed by atoms with E-state index in [9.17, 15) is 64.5 Å². The minimum atomic E-state index is -1.00. The smallest absolute Gasteiger partial charge is 0.303 e. The standard InChI is InChI=1S/2C23H32O5S.2C17H15NO2S.CH4O/c2*24-18(22-13-15-7-5-6-9-21(15)29-22)12-11-17-16(19(25)14-20(17)26)8-3-1-2-4-10-23(27)28;2*1-11(14-5-7-21-10-14)16(19)9-12-2-3-15-13(8-12)4-6-18-17(15)20;1-2/h2*5-7,9,13,16-20,24-26H,1-4,8,10-12,14H2,(H,27,28);2*2-8,10-11H,9H2,1H3,(H,18,20);2H,1H3/p-1/t2*16-,17-,18-,19+,20-;;;/m11.../s1. The second-order valence-corrected chi connectivity index (χ2v) is 30.7. The minimum Gasteiger partial charge on any atom is -0.550 e. The maximum Gasteiger partial charge on any atom is 0.303 e. The average Bonchev–Trinajstić information content (AvgIpc) is 1.43. The van der Waals surface area contributed by atoms with Gasteiger partial charge in [-0.05, 0) is 220 Å². The number of aliphatic carboxylic acids is 2. The van der Waals surface area contributed by atoms with E-state index in [2.05, 4.69) is 22.1 Å². The molecule has 21 heteroatoms. The first-order valence-corrected chi connectivity index (χ1v) is 38.9. The highest BCUT2D eigenvalue weighted by Gasteiger charge is 2.42. The molecule has 12 atom stereocenters. The van der Waals surface area contributed by atoms with Gasteiger partial charge < -0.3 is 60.7 Å². The fourth-order valence-electron chi connectivity index (χ4n) is 14.1.